The van der Waals surface area contributed by atoms with Crippen LogP contribution in [0.4, 0.5) is 10.5 Å². The van der Waals surface area contributed by atoms with Gasteiger partial charge in [-0.2, -0.15) is 5.10 Å². The number of benzene rings is 1. The van der Waals surface area contributed by atoms with Crippen LogP contribution in [0.1, 0.15) is 84.3 Å². The number of nitrogens with zero attached hydrogens (tertiary/aromatic N) is 4. The molecule has 1 spiro atoms. The Bertz CT molecular complexity index is 1370. The molecule has 1 aromatic carbocycles. The van der Waals surface area contributed by atoms with Gasteiger partial charge in [0, 0.05) is 56.1 Å². The molecule has 3 aliphatic heterocycles. The normalized spacial score (nSPS) is 26.8. The molecule has 10 nitrogen and oxygen atoms in total. The van der Waals surface area contributed by atoms with Crippen molar-refractivity contribution in [3.63, 3.8) is 0 Å². The fourth-order valence-electron chi connectivity index (χ4n) is 7.54. The molecular formula is C32H45N5O5. The highest BCUT2D eigenvalue weighted by atomic mass is 16.6. The van der Waals surface area contributed by atoms with Gasteiger partial charge in [-0.05, 0) is 83.4 Å². The number of hydrogen-bond acceptors (Lipinski definition) is 7. The minimum atomic E-state index is -0.458. The number of rotatable bonds is 4. The van der Waals surface area contributed by atoms with Crippen LogP contribution in [-0.4, -0.2) is 76.6 Å². The van der Waals surface area contributed by atoms with E-state index in [0.717, 1.165) is 80.6 Å². The van der Waals surface area contributed by atoms with Crippen molar-refractivity contribution in [1.82, 2.24) is 20.0 Å². The van der Waals surface area contributed by atoms with E-state index >= 15 is 0 Å². The second kappa shape index (κ2) is 10.8. The number of aromatic nitrogens is 2. The van der Waals surface area contributed by atoms with Gasteiger partial charge in [-0.15, -0.1) is 0 Å². The van der Waals surface area contributed by atoms with Crippen molar-refractivity contribution in [3.8, 4) is 0 Å². The quantitative estimate of drug-likeness (QED) is 0.532. The second-order valence-electron chi connectivity index (χ2n) is 14.1. The molecule has 1 unspecified atom stereocenters. The molecule has 1 N–H and O–H groups in total. The molecule has 3 amide bonds. The number of anilines is 1. The third-order valence-corrected chi connectivity index (χ3v) is 9.66. The van der Waals surface area contributed by atoms with Crippen LogP contribution < -0.4 is 10.2 Å². The van der Waals surface area contributed by atoms with Crippen molar-refractivity contribution < 1.29 is 23.9 Å². The van der Waals surface area contributed by atoms with Gasteiger partial charge in [0.05, 0.1) is 29.3 Å². The van der Waals surface area contributed by atoms with E-state index in [-0.39, 0.29) is 35.5 Å². The van der Waals surface area contributed by atoms with E-state index in [0.29, 0.717) is 18.8 Å². The minimum absolute atomic E-state index is 0.191. The first-order chi connectivity index (χ1) is 19.9. The van der Waals surface area contributed by atoms with E-state index in [1.807, 2.05) is 37.4 Å². The Morgan fingerprint density at radius 2 is 1.83 bits per heavy atom. The molecule has 4 aliphatic rings. The van der Waals surface area contributed by atoms with Gasteiger partial charge in [0.25, 0.3) is 0 Å². The number of fused-ring (bicyclic) bond motifs is 1. The first kappa shape index (κ1) is 29.0. The molecule has 10 heteroatoms. The van der Waals surface area contributed by atoms with Crippen LogP contribution in [0.3, 0.4) is 0 Å². The zero-order valence-corrected chi connectivity index (χ0v) is 25.6. The van der Waals surface area contributed by atoms with Gasteiger partial charge in [-0.1, -0.05) is 6.92 Å². The van der Waals surface area contributed by atoms with E-state index < -0.39 is 11.5 Å². The molecule has 1 saturated carbocycles. The number of nitrogens with one attached hydrogen (secondary N) is 1. The van der Waals surface area contributed by atoms with Gasteiger partial charge < -0.3 is 19.3 Å². The maximum Gasteiger partial charge on any atom is 0.410 e. The molecule has 3 atom stereocenters. The van der Waals surface area contributed by atoms with E-state index in [1.165, 1.54) is 0 Å². The van der Waals surface area contributed by atoms with Crippen molar-refractivity contribution >= 4 is 34.5 Å². The molecule has 6 rings (SSSR count). The van der Waals surface area contributed by atoms with Crippen LogP contribution in [-0.2, 0) is 26.1 Å². The zero-order valence-electron chi connectivity index (χ0n) is 25.6. The highest BCUT2D eigenvalue weighted by Crippen LogP contribution is 2.47. The number of hydrogen-bond donors (Lipinski definition) is 1. The van der Waals surface area contributed by atoms with Gasteiger partial charge >= 0.3 is 6.09 Å². The number of piperidine rings is 2. The lowest BCUT2D eigenvalue weighted by Crippen LogP contribution is -2.61. The SMILES string of the molecule is C[C@H]1CC2(CC[C@@H]1OC1CCN(c3ccc4c(C5CCC(=O)NC5=O)nn(C)c4c3)CC1)CN(C(=O)OC(C)(C)C)C2. The summed E-state index contributed by atoms with van der Waals surface area (Å²) < 4.78 is 14.1. The standard InChI is InChI=1S/C32H45N5O5/c1-20-17-32(18-37(19-32)30(40)42-31(2,3)4)13-10-26(20)41-22-11-14-36(15-12-22)21-6-7-23-25(16-21)35(5)34-28(23)24-8-9-27(38)33-29(24)39/h6-7,16,20,22,24,26H,8-15,17-19H2,1-5H3,(H,33,38,39)/t20-,24?,26-/m0/s1. The summed E-state index contributed by atoms with van der Waals surface area (Å²) in [4.78, 5) is 40.8. The predicted molar refractivity (Wildman–Crippen MR) is 159 cm³/mol. The molecule has 4 fully saturated rings. The van der Waals surface area contributed by atoms with Gasteiger partial charge in [0.1, 0.15) is 5.60 Å². The smallest absolute Gasteiger partial charge is 0.410 e. The molecule has 0 radical (unpaired) electrons. The van der Waals surface area contributed by atoms with Gasteiger partial charge in [-0.3, -0.25) is 19.6 Å². The van der Waals surface area contributed by atoms with Crippen molar-refractivity contribution in [1.29, 1.82) is 0 Å². The maximum absolute atomic E-state index is 12.5. The largest absolute Gasteiger partial charge is 0.444 e. The minimum Gasteiger partial charge on any atom is -0.444 e. The summed E-state index contributed by atoms with van der Waals surface area (Å²) in [5, 5.41) is 8.11. The summed E-state index contributed by atoms with van der Waals surface area (Å²) in [6, 6.07) is 6.37. The van der Waals surface area contributed by atoms with E-state index in [4.69, 9.17) is 9.47 Å². The lowest BCUT2D eigenvalue weighted by Gasteiger charge is -2.55. The molecule has 1 aliphatic carbocycles. The fraction of sp³-hybridized carbons (Fsp3) is 0.688. The Morgan fingerprint density at radius 1 is 1.10 bits per heavy atom. The number of imide groups is 1. The first-order valence-corrected chi connectivity index (χ1v) is 15.6. The Labute approximate surface area is 248 Å². The Balaban J connectivity index is 1.01. The molecule has 3 saturated heterocycles. The topological polar surface area (TPSA) is 106 Å². The fourth-order valence-corrected chi connectivity index (χ4v) is 7.54. The van der Waals surface area contributed by atoms with Crippen LogP contribution >= 0.6 is 0 Å². The Hall–Kier alpha value is -3.14. The Morgan fingerprint density at radius 3 is 2.50 bits per heavy atom. The van der Waals surface area contributed by atoms with Gasteiger partial charge in [0.2, 0.25) is 11.8 Å². The van der Waals surface area contributed by atoms with Crippen LogP contribution in [0.5, 0.6) is 0 Å². The molecule has 228 valence electrons. The van der Waals surface area contributed by atoms with Gasteiger partial charge in [-0.25, -0.2) is 4.79 Å². The highest BCUT2D eigenvalue weighted by Gasteiger charge is 2.50. The predicted octanol–water partition coefficient (Wildman–Crippen LogP) is 4.50. The Kier molecular flexibility index (Phi) is 7.48. The number of carbonyl (C=O) groups excluding carboxylic acids is 3. The van der Waals surface area contributed by atoms with Crippen LogP contribution in [0.25, 0.3) is 10.9 Å². The average Bonchev–Trinajstić information content (AvgIpc) is 3.23. The third kappa shape index (κ3) is 5.74. The van der Waals surface area contributed by atoms with E-state index in [2.05, 4.69) is 40.4 Å². The molecule has 1 aromatic heterocycles. The zero-order chi connectivity index (χ0) is 29.8. The van der Waals surface area contributed by atoms with Crippen LogP contribution in [0.15, 0.2) is 18.2 Å². The van der Waals surface area contributed by atoms with Crippen molar-refractivity contribution in [2.75, 3.05) is 31.1 Å². The number of aryl methyl sites for hydroxylation is 1. The number of amides is 3. The van der Waals surface area contributed by atoms with E-state index in [1.54, 1.807) is 0 Å². The summed E-state index contributed by atoms with van der Waals surface area (Å²) in [7, 11) is 1.91. The van der Waals surface area contributed by atoms with Crippen LogP contribution in [0, 0.1) is 11.3 Å². The number of ether oxygens (including phenoxy) is 2. The summed E-state index contributed by atoms with van der Waals surface area (Å²) in [6.07, 6.45) is 6.43. The molecule has 42 heavy (non-hydrogen) atoms. The van der Waals surface area contributed by atoms with Crippen molar-refractivity contribution in [3.05, 3.63) is 23.9 Å². The summed E-state index contributed by atoms with van der Waals surface area (Å²) >= 11 is 0. The molecule has 4 heterocycles. The number of carbonyl (C=O) groups is 3. The maximum atomic E-state index is 12.5. The molecular weight excluding hydrogens is 534 g/mol. The number of likely N-dealkylation sites (tertiary alicyclic amines) is 1. The lowest BCUT2D eigenvalue weighted by molar-refractivity contribution is -0.134. The summed E-state index contributed by atoms with van der Waals surface area (Å²) in [5.41, 5.74) is 2.67. The lowest BCUT2D eigenvalue weighted by atomic mass is 9.64. The van der Waals surface area contributed by atoms with Gasteiger partial charge in [0.15, 0.2) is 0 Å². The summed E-state index contributed by atoms with van der Waals surface area (Å²) in [6.45, 7) is 11.5. The monoisotopic (exact) mass is 579 g/mol. The summed E-state index contributed by atoms with van der Waals surface area (Å²) in [5.74, 6) is -0.382. The third-order valence-electron chi connectivity index (χ3n) is 9.66. The van der Waals surface area contributed by atoms with Crippen LogP contribution in [0.2, 0.25) is 0 Å². The van der Waals surface area contributed by atoms with E-state index in [9.17, 15) is 14.4 Å². The van der Waals surface area contributed by atoms with Crippen molar-refractivity contribution in [2.24, 2.45) is 18.4 Å². The first-order valence-electron chi connectivity index (χ1n) is 15.6. The molecule has 2 aromatic rings. The van der Waals surface area contributed by atoms with Crippen molar-refractivity contribution in [2.45, 2.75) is 96.4 Å². The highest BCUT2D eigenvalue weighted by molar-refractivity contribution is 6.02. The molecule has 0 bridgehead atoms. The second-order valence-corrected chi connectivity index (χ2v) is 14.1. The average molecular weight is 580 g/mol.